The molecule has 0 atom stereocenters. The van der Waals surface area contributed by atoms with Crippen LogP contribution in [0.3, 0.4) is 0 Å². The number of benzene rings is 1. The molecule has 0 aromatic heterocycles. The van der Waals surface area contributed by atoms with Gasteiger partial charge in [-0.3, -0.25) is 0 Å². The Balaban J connectivity index is 3.36. The minimum atomic E-state index is -1.09. The van der Waals surface area contributed by atoms with Crippen LogP contribution in [-0.2, 0) is 5.60 Å². The van der Waals surface area contributed by atoms with Crippen molar-refractivity contribution in [1.29, 1.82) is 0 Å². The van der Waals surface area contributed by atoms with E-state index in [0.717, 1.165) is 0 Å². The lowest BCUT2D eigenvalue weighted by Gasteiger charge is -2.20. The first-order valence-electron chi connectivity index (χ1n) is 4.16. The van der Waals surface area contributed by atoms with E-state index in [2.05, 4.69) is 15.9 Å². The molecule has 0 saturated carbocycles. The summed E-state index contributed by atoms with van der Waals surface area (Å²) < 4.78 is 5.66. The molecule has 0 radical (unpaired) electrons. The Bertz CT molecular complexity index is 342. The number of methoxy groups -OCH3 is 1. The standard InChI is InChI=1S/C10H13BrO3/c1-10(2,13)6-4-5-7(11)9(14-3)8(6)12/h4-5,12-13H,1-3H3. The lowest BCUT2D eigenvalue weighted by molar-refractivity contribution is 0.0753. The van der Waals surface area contributed by atoms with Gasteiger partial charge >= 0.3 is 0 Å². The number of phenols is 1. The monoisotopic (exact) mass is 260 g/mol. The van der Waals surface area contributed by atoms with Gasteiger partial charge in [0.1, 0.15) is 0 Å². The zero-order valence-corrected chi connectivity index (χ0v) is 9.92. The first kappa shape index (κ1) is 11.3. The van der Waals surface area contributed by atoms with E-state index in [1.54, 1.807) is 26.0 Å². The highest BCUT2D eigenvalue weighted by molar-refractivity contribution is 9.10. The number of aromatic hydroxyl groups is 1. The molecule has 14 heavy (non-hydrogen) atoms. The minimum Gasteiger partial charge on any atom is -0.504 e. The highest BCUT2D eigenvalue weighted by atomic mass is 79.9. The van der Waals surface area contributed by atoms with Gasteiger partial charge in [-0.25, -0.2) is 0 Å². The maximum atomic E-state index is 9.79. The highest BCUT2D eigenvalue weighted by Crippen LogP contribution is 2.41. The van der Waals surface area contributed by atoms with Gasteiger partial charge in [-0.05, 0) is 35.8 Å². The molecule has 3 nitrogen and oxygen atoms in total. The van der Waals surface area contributed by atoms with Gasteiger partial charge in [-0.1, -0.05) is 6.07 Å². The second-order valence-corrected chi connectivity index (χ2v) is 4.39. The van der Waals surface area contributed by atoms with Crippen molar-refractivity contribution in [2.24, 2.45) is 0 Å². The van der Waals surface area contributed by atoms with Gasteiger partial charge in [-0.2, -0.15) is 0 Å². The number of hydrogen-bond acceptors (Lipinski definition) is 3. The van der Waals surface area contributed by atoms with E-state index >= 15 is 0 Å². The average molecular weight is 261 g/mol. The normalized spacial score (nSPS) is 11.5. The molecule has 78 valence electrons. The predicted molar refractivity (Wildman–Crippen MR) is 57.6 cm³/mol. The molecule has 0 spiro atoms. The largest absolute Gasteiger partial charge is 0.504 e. The van der Waals surface area contributed by atoms with Crippen molar-refractivity contribution >= 4 is 15.9 Å². The van der Waals surface area contributed by atoms with Crippen LogP contribution in [0.2, 0.25) is 0 Å². The number of ether oxygens (including phenoxy) is 1. The molecule has 0 aliphatic rings. The summed E-state index contributed by atoms with van der Waals surface area (Å²) in [6.07, 6.45) is 0. The van der Waals surface area contributed by atoms with Crippen LogP contribution in [0.1, 0.15) is 19.4 Å². The summed E-state index contributed by atoms with van der Waals surface area (Å²) in [5, 5.41) is 19.5. The molecule has 0 unspecified atom stereocenters. The van der Waals surface area contributed by atoms with Crippen molar-refractivity contribution in [3.05, 3.63) is 22.2 Å². The molecule has 1 aromatic rings. The zero-order valence-electron chi connectivity index (χ0n) is 8.34. The topological polar surface area (TPSA) is 49.7 Å². The van der Waals surface area contributed by atoms with Crippen LogP contribution in [0, 0.1) is 0 Å². The maximum absolute atomic E-state index is 9.79. The van der Waals surface area contributed by atoms with Crippen LogP contribution in [0.4, 0.5) is 0 Å². The molecule has 0 heterocycles. The van der Waals surface area contributed by atoms with Crippen molar-refractivity contribution in [3.8, 4) is 11.5 Å². The summed E-state index contributed by atoms with van der Waals surface area (Å²) in [5.74, 6) is 0.305. The fourth-order valence-corrected chi connectivity index (χ4v) is 1.72. The maximum Gasteiger partial charge on any atom is 0.175 e. The summed E-state index contributed by atoms with van der Waals surface area (Å²) >= 11 is 3.24. The molecule has 0 aliphatic heterocycles. The molecular weight excluding hydrogens is 248 g/mol. The van der Waals surface area contributed by atoms with Gasteiger partial charge < -0.3 is 14.9 Å². The summed E-state index contributed by atoms with van der Waals surface area (Å²) in [4.78, 5) is 0. The molecule has 1 rings (SSSR count). The summed E-state index contributed by atoms with van der Waals surface area (Å²) in [6.45, 7) is 3.21. The van der Waals surface area contributed by atoms with E-state index in [9.17, 15) is 10.2 Å². The van der Waals surface area contributed by atoms with Gasteiger partial charge in [0.2, 0.25) is 0 Å². The number of hydrogen-bond donors (Lipinski definition) is 2. The van der Waals surface area contributed by atoms with Crippen molar-refractivity contribution in [2.45, 2.75) is 19.4 Å². The first-order valence-corrected chi connectivity index (χ1v) is 4.95. The van der Waals surface area contributed by atoms with Crippen LogP contribution >= 0.6 is 15.9 Å². The minimum absolute atomic E-state index is 0.0330. The Morgan fingerprint density at radius 2 is 1.93 bits per heavy atom. The van der Waals surface area contributed by atoms with Crippen molar-refractivity contribution in [3.63, 3.8) is 0 Å². The fraction of sp³-hybridized carbons (Fsp3) is 0.400. The Morgan fingerprint density at radius 3 is 2.36 bits per heavy atom. The van der Waals surface area contributed by atoms with Gasteiger partial charge in [0.05, 0.1) is 17.2 Å². The van der Waals surface area contributed by atoms with Gasteiger partial charge in [0.15, 0.2) is 11.5 Å². The van der Waals surface area contributed by atoms with Crippen molar-refractivity contribution in [2.75, 3.05) is 7.11 Å². The third-order valence-electron chi connectivity index (χ3n) is 1.95. The molecule has 0 fully saturated rings. The second-order valence-electron chi connectivity index (χ2n) is 3.54. The summed E-state index contributed by atoms with van der Waals surface area (Å²) in [5.41, 5.74) is -0.643. The van der Waals surface area contributed by atoms with E-state index < -0.39 is 5.60 Å². The fourth-order valence-electron chi connectivity index (χ4n) is 1.23. The van der Waals surface area contributed by atoms with Gasteiger partial charge in [-0.15, -0.1) is 0 Å². The average Bonchev–Trinajstić information content (AvgIpc) is 2.02. The number of aliphatic hydroxyl groups is 1. The molecule has 0 aliphatic carbocycles. The van der Waals surface area contributed by atoms with E-state index in [-0.39, 0.29) is 5.75 Å². The van der Waals surface area contributed by atoms with Crippen LogP contribution in [0.15, 0.2) is 16.6 Å². The van der Waals surface area contributed by atoms with E-state index in [4.69, 9.17) is 4.74 Å². The molecule has 0 amide bonds. The third-order valence-corrected chi connectivity index (χ3v) is 2.57. The Hall–Kier alpha value is -0.740. The molecule has 4 heteroatoms. The summed E-state index contributed by atoms with van der Waals surface area (Å²) in [6, 6.07) is 3.38. The van der Waals surface area contributed by atoms with Crippen molar-refractivity contribution in [1.82, 2.24) is 0 Å². The smallest absolute Gasteiger partial charge is 0.175 e. The SMILES string of the molecule is COc1c(Br)ccc(C(C)(C)O)c1O. The summed E-state index contributed by atoms with van der Waals surface area (Å²) in [7, 11) is 1.47. The predicted octanol–water partition coefficient (Wildman–Crippen LogP) is 2.39. The Morgan fingerprint density at radius 1 is 1.36 bits per heavy atom. The number of phenolic OH excluding ortho intramolecular Hbond substituents is 1. The lowest BCUT2D eigenvalue weighted by Crippen LogP contribution is -2.15. The van der Waals surface area contributed by atoms with Crippen molar-refractivity contribution < 1.29 is 14.9 Å². The zero-order chi connectivity index (χ0) is 10.9. The van der Waals surface area contributed by atoms with Crippen LogP contribution in [0.25, 0.3) is 0 Å². The van der Waals surface area contributed by atoms with E-state index in [1.165, 1.54) is 7.11 Å². The Kier molecular flexibility index (Phi) is 3.07. The quantitative estimate of drug-likeness (QED) is 0.859. The number of halogens is 1. The highest BCUT2D eigenvalue weighted by Gasteiger charge is 2.23. The molecule has 0 saturated heterocycles. The lowest BCUT2D eigenvalue weighted by atomic mass is 9.97. The van der Waals surface area contributed by atoms with E-state index in [1.807, 2.05) is 0 Å². The number of rotatable bonds is 2. The Labute approximate surface area is 91.5 Å². The third kappa shape index (κ3) is 2.01. The molecule has 2 N–H and O–H groups in total. The van der Waals surface area contributed by atoms with Gasteiger partial charge in [0, 0.05) is 5.56 Å². The second kappa shape index (κ2) is 3.79. The van der Waals surface area contributed by atoms with Gasteiger partial charge in [0.25, 0.3) is 0 Å². The van der Waals surface area contributed by atoms with Crippen LogP contribution in [-0.4, -0.2) is 17.3 Å². The first-order chi connectivity index (χ1) is 6.38. The van der Waals surface area contributed by atoms with Crippen LogP contribution in [0.5, 0.6) is 11.5 Å². The molecule has 1 aromatic carbocycles. The van der Waals surface area contributed by atoms with E-state index in [0.29, 0.717) is 15.8 Å². The molecule has 0 bridgehead atoms. The van der Waals surface area contributed by atoms with Crippen LogP contribution < -0.4 is 4.74 Å². The molecular formula is C10H13BrO3.